The number of halogens is 1. The average Bonchev–Trinajstić information content (AvgIpc) is 2.74. The van der Waals surface area contributed by atoms with Crippen molar-refractivity contribution < 1.29 is 9.50 Å². The highest BCUT2D eigenvalue weighted by Gasteiger charge is 2.19. The van der Waals surface area contributed by atoms with Crippen molar-refractivity contribution in [3.8, 4) is 0 Å². The fourth-order valence-corrected chi connectivity index (χ4v) is 2.18. The van der Waals surface area contributed by atoms with E-state index in [9.17, 15) is 4.39 Å². The molecule has 1 aliphatic heterocycles. The molecular weight excluding hydrogens is 209 g/mol. The van der Waals surface area contributed by atoms with E-state index in [1.807, 2.05) is 6.07 Å². The molecule has 0 radical (unpaired) electrons. The minimum absolute atomic E-state index is 0.0762. The third-order valence-corrected chi connectivity index (χ3v) is 3.06. The van der Waals surface area contributed by atoms with Gasteiger partial charge in [0.1, 0.15) is 6.67 Å². The minimum Gasteiger partial charge on any atom is -0.390 e. The van der Waals surface area contributed by atoms with Crippen LogP contribution in [0, 0.1) is 0 Å². The predicted octanol–water partition coefficient (Wildman–Crippen LogP) is 0.812. The van der Waals surface area contributed by atoms with Crippen LogP contribution in [0.2, 0.25) is 0 Å². The molecule has 1 aromatic heterocycles. The third-order valence-electron chi connectivity index (χ3n) is 3.06. The SMILES string of the molecule is OCc1cc(C2CCCNC2)nn1CCF. The quantitative estimate of drug-likeness (QED) is 0.800. The Labute approximate surface area is 94.5 Å². The van der Waals surface area contributed by atoms with Crippen LogP contribution in [0.25, 0.3) is 0 Å². The lowest BCUT2D eigenvalue weighted by Gasteiger charge is -2.20. The van der Waals surface area contributed by atoms with E-state index < -0.39 is 6.67 Å². The van der Waals surface area contributed by atoms with Gasteiger partial charge in [-0.3, -0.25) is 4.68 Å². The van der Waals surface area contributed by atoms with Gasteiger partial charge in [0.2, 0.25) is 0 Å². The van der Waals surface area contributed by atoms with Crippen molar-refractivity contribution >= 4 is 0 Å². The van der Waals surface area contributed by atoms with Crippen LogP contribution in [0.3, 0.4) is 0 Å². The third kappa shape index (κ3) is 2.41. The molecule has 0 saturated carbocycles. The van der Waals surface area contributed by atoms with Gasteiger partial charge in [0.15, 0.2) is 0 Å². The number of aryl methyl sites for hydroxylation is 1. The molecule has 1 unspecified atom stereocenters. The summed E-state index contributed by atoms with van der Waals surface area (Å²) >= 11 is 0. The number of aromatic nitrogens is 2. The molecule has 90 valence electrons. The summed E-state index contributed by atoms with van der Waals surface area (Å²) in [4.78, 5) is 0. The molecule has 0 aromatic carbocycles. The Hall–Kier alpha value is -0.940. The van der Waals surface area contributed by atoms with E-state index >= 15 is 0 Å². The van der Waals surface area contributed by atoms with Crippen molar-refractivity contribution in [2.75, 3.05) is 19.8 Å². The van der Waals surface area contributed by atoms with Crippen LogP contribution in [0.15, 0.2) is 6.07 Å². The summed E-state index contributed by atoms with van der Waals surface area (Å²) in [6.45, 7) is 1.70. The van der Waals surface area contributed by atoms with Crippen LogP contribution in [-0.2, 0) is 13.2 Å². The van der Waals surface area contributed by atoms with Gasteiger partial charge in [-0.15, -0.1) is 0 Å². The number of hydrogen-bond donors (Lipinski definition) is 2. The van der Waals surface area contributed by atoms with Crippen LogP contribution in [0.5, 0.6) is 0 Å². The summed E-state index contributed by atoms with van der Waals surface area (Å²) in [6, 6.07) is 1.90. The van der Waals surface area contributed by atoms with Gasteiger partial charge in [0.25, 0.3) is 0 Å². The lowest BCUT2D eigenvalue weighted by molar-refractivity contribution is 0.265. The van der Waals surface area contributed by atoms with Crippen LogP contribution < -0.4 is 5.32 Å². The van der Waals surface area contributed by atoms with E-state index in [4.69, 9.17) is 5.11 Å². The first-order valence-electron chi connectivity index (χ1n) is 5.79. The second-order valence-corrected chi connectivity index (χ2v) is 4.17. The molecule has 1 saturated heterocycles. The summed E-state index contributed by atoms with van der Waals surface area (Å²) in [5.74, 6) is 0.403. The molecule has 0 aliphatic carbocycles. The van der Waals surface area contributed by atoms with E-state index in [0.29, 0.717) is 11.6 Å². The lowest BCUT2D eigenvalue weighted by Crippen LogP contribution is -2.28. The number of alkyl halides is 1. The van der Waals surface area contributed by atoms with Gasteiger partial charge in [-0.25, -0.2) is 4.39 Å². The molecule has 1 aliphatic rings. The largest absolute Gasteiger partial charge is 0.390 e. The first-order chi connectivity index (χ1) is 7.85. The zero-order chi connectivity index (χ0) is 11.4. The Morgan fingerprint density at radius 1 is 1.62 bits per heavy atom. The Morgan fingerprint density at radius 3 is 3.12 bits per heavy atom. The van der Waals surface area contributed by atoms with Gasteiger partial charge in [-0.05, 0) is 25.5 Å². The standard InChI is InChI=1S/C11H18FN3O/c12-3-5-15-10(8-16)6-11(14-15)9-2-1-4-13-7-9/h6,9,13,16H,1-5,7-8H2. The first kappa shape index (κ1) is 11.5. The Balaban J connectivity index is 2.14. The van der Waals surface area contributed by atoms with Gasteiger partial charge in [0, 0.05) is 12.5 Å². The lowest BCUT2D eigenvalue weighted by atomic mass is 9.96. The number of hydrogen-bond acceptors (Lipinski definition) is 3. The first-order valence-corrected chi connectivity index (χ1v) is 5.79. The topological polar surface area (TPSA) is 50.1 Å². The molecule has 16 heavy (non-hydrogen) atoms. The maximum absolute atomic E-state index is 12.3. The molecule has 4 nitrogen and oxygen atoms in total. The number of piperidine rings is 1. The van der Waals surface area contributed by atoms with Crippen molar-refractivity contribution in [2.45, 2.75) is 31.9 Å². The summed E-state index contributed by atoms with van der Waals surface area (Å²) in [7, 11) is 0. The van der Waals surface area contributed by atoms with Gasteiger partial charge in [-0.1, -0.05) is 0 Å². The highest BCUT2D eigenvalue weighted by Crippen LogP contribution is 2.22. The van der Waals surface area contributed by atoms with Gasteiger partial charge >= 0.3 is 0 Å². The number of nitrogens with one attached hydrogen (secondary N) is 1. The monoisotopic (exact) mass is 227 g/mol. The Kier molecular flexibility index (Phi) is 3.90. The zero-order valence-corrected chi connectivity index (χ0v) is 9.32. The van der Waals surface area contributed by atoms with Crippen molar-refractivity contribution in [3.05, 3.63) is 17.5 Å². The molecule has 2 heterocycles. The summed E-state index contributed by atoms with van der Waals surface area (Å²) < 4.78 is 13.9. The summed E-state index contributed by atoms with van der Waals surface area (Å²) in [5.41, 5.74) is 1.68. The Morgan fingerprint density at radius 2 is 2.50 bits per heavy atom. The fraction of sp³-hybridized carbons (Fsp3) is 0.727. The van der Waals surface area contributed by atoms with Crippen LogP contribution in [-0.4, -0.2) is 34.7 Å². The number of aliphatic hydroxyl groups is 1. The summed E-state index contributed by atoms with van der Waals surface area (Å²) in [5, 5.41) is 16.9. The zero-order valence-electron chi connectivity index (χ0n) is 9.32. The fourth-order valence-electron chi connectivity index (χ4n) is 2.18. The van der Waals surface area contributed by atoms with Gasteiger partial charge in [-0.2, -0.15) is 5.10 Å². The van der Waals surface area contributed by atoms with E-state index in [0.717, 1.165) is 31.6 Å². The molecule has 2 N–H and O–H groups in total. The number of nitrogens with zero attached hydrogens (tertiary/aromatic N) is 2. The Bertz CT molecular complexity index is 334. The van der Waals surface area contributed by atoms with E-state index in [-0.39, 0.29) is 13.2 Å². The average molecular weight is 227 g/mol. The van der Waals surface area contributed by atoms with Crippen molar-refractivity contribution in [1.82, 2.24) is 15.1 Å². The molecule has 1 aromatic rings. The maximum Gasteiger partial charge on any atom is 0.109 e. The molecule has 2 rings (SSSR count). The maximum atomic E-state index is 12.3. The molecule has 5 heteroatoms. The van der Waals surface area contributed by atoms with Crippen LogP contribution in [0.4, 0.5) is 4.39 Å². The van der Waals surface area contributed by atoms with Crippen LogP contribution >= 0.6 is 0 Å². The smallest absolute Gasteiger partial charge is 0.109 e. The number of rotatable bonds is 4. The van der Waals surface area contributed by atoms with Crippen molar-refractivity contribution in [2.24, 2.45) is 0 Å². The molecule has 0 amide bonds. The van der Waals surface area contributed by atoms with E-state index in [2.05, 4.69) is 10.4 Å². The van der Waals surface area contributed by atoms with Crippen molar-refractivity contribution in [1.29, 1.82) is 0 Å². The highest BCUT2D eigenvalue weighted by atomic mass is 19.1. The molecule has 0 bridgehead atoms. The summed E-state index contributed by atoms with van der Waals surface area (Å²) in [6.07, 6.45) is 2.26. The molecular formula is C11H18FN3O. The second kappa shape index (κ2) is 5.41. The van der Waals surface area contributed by atoms with Gasteiger partial charge in [0.05, 0.1) is 24.5 Å². The van der Waals surface area contributed by atoms with E-state index in [1.165, 1.54) is 0 Å². The molecule has 0 spiro atoms. The van der Waals surface area contributed by atoms with E-state index in [1.54, 1.807) is 4.68 Å². The minimum atomic E-state index is -0.447. The normalized spacial score (nSPS) is 21.2. The molecule has 1 fully saturated rings. The van der Waals surface area contributed by atoms with Crippen molar-refractivity contribution in [3.63, 3.8) is 0 Å². The predicted molar refractivity (Wildman–Crippen MR) is 59.0 cm³/mol. The second-order valence-electron chi connectivity index (χ2n) is 4.17. The number of aliphatic hydroxyl groups excluding tert-OH is 1. The van der Waals surface area contributed by atoms with Crippen LogP contribution in [0.1, 0.15) is 30.1 Å². The highest BCUT2D eigenvalue weighted by molar-refractivity contribution is 5.15. The van der Waals surface area contributed by atoms with Gasteiger partial charge < -0.3 is 10.4 Å². The molecule has 1 atom stereocenters.